The smallest absolute Gasteiger partial charge is 0.195 e. The Bertz CT molecular complexity index is 768. The van der Waals surface area contributed by atoms with Gasteiger partial charge in [0.05, 0.1) is 0 Å². The molecule has 0 saturated heterocycles. The van der Waals surface area contributed by atoms with Gasteiger partial charge in [0, 0.05) is 0 Å². The predicted molar refractivity (Wildman–Crippen MR) is 138 cm³/mol. The summed E-state index contributed by atoms with van der Waals surface area (Å²) in [5.41, 5.74) is 3.03. The number of rotatable bonds is 11. The molecule has 2 aliphatic carbocycles. The number of nitriles is 1. The lowest BCUT2D eigenvalue weighted by atomic mass is 9.76. The Morgan fingerprint density at radius 1 is 0.879 bits per heavy atom. The van der Waals surface area contributed by atoms with Crippen molar-refractivity contribution in [2.45, 2.75) is 109 Å². The lowest BCUT2D eigenvalue weighted by Gasteiger charge is -2.30. The normalized spacial score (nSPS) is 26.4. The fraction of sp³-hybridized carbons (Fsp3) is 0.645. The molecule has 0 atom stereocenters. The van der Waals surface area contributed by atoms with Crippen LogP contribution in [0.25, 0.3) is 0 Å². The first-order valence-corrected chi connectivity index (χ1v) is 13.7. The second-order valence-corrected chi connectivity index (χ2v) is 10.6. The van der Waals surface area contributed by atoms with Crippen molar-refractivity contribution in [3.05, 3.63) is 59.4 Å². The number of unbranched alkanes of at least 4 members (excludes halogenated alkanes) is 1. The largest absolute Gasteiger partial charge is 0.199 e. The van der Waals surface area contributed by atoms with Crippen LogP contribution in [0.4, 0.5) is 4.39 Å². The van der Waals surface area contributed by atoms with Crippen molar-refractivity contribution in [2.24, 2.45) is 17.8 Å². The van der Waals surface area contributed by atoms with Crippen molar-refractivity contribution in [2.75, 3.05) is 0 Å². The highest BCUT2D eigenvalue weighted by Gasteiger charge is 2.23. The van der Waals surface area contributed by atoms with E-state index in [4.69, 9.17) is 5.26 Å². The summed E-state index contributed by atoms with van der Waals surface area (Å²) in [6.07, 6.45) is 25.2. The third-order valence-corrected chi connectivity index (χ3v) is 8.37. The highest BCUT2D eigenvalue weighted by atomic mass is 19.1. The van der Waals surface area contributed by atoms with Crippen LogP contribution in [0.1, 0.15) is 114 Å². The summed E-state index contributed by atoms with van der Waals surface area (Å²) in [5.74, 6) is 2.84. The molecule has 0 heterocycles. The van der Waals surface area contributed by atoms with Gasteiger partial charge in [-0.2, -0.15) is 9.65 Å². The number of aryl methyl sites for hydroxylation is 1. The Balaban J connectivity index is 1.21. The van der Waals surface area contributed by atoms with Crippen LogP contribution in [0, 0.1) is 29.1 Å². The number of halogens is 1. The van der Waals surface area contributed by atoms with Crippen molar-refractivity contribution in [1.29, 1.82) is 5.26 Å². The minimum absolute atomic E-state index is 0.711. The molecule has 0 bridgehead atoms. The van der Waals surface area contributed by atoms with Crippen LogP contribution in [-0.2, 0) is 6.42 Å². The number of hydrogen-bond acceptors (Lipinski definition) is 1. The molecule has 180 valence electrons. The monoisotopic (exact) mass is 449 g/mol. The summed E-state index contributed by atoms with van der Waals surface area (Å²) in [6.45, 7) is 2.23. The highest BCUT2D eigenvalue weighted by Crippen LogP contribution is 2.38. The molecular formula is C31H44FN. The summed E-state index contributed by atoms with van der Waals surface area (Å²) in [7, 11) is 0. The van der Waals surface area contributed by atoms with Crippen LogP contribution in [0.3, 0.4) is 0 Å². The predicted octanol–water partition coefficient (Wildman–Crippen LogP) is 9.60. The summed E-state index contributed by atoms with van der Waals surface area (Å²) in [4.78, 5) is 0. The minimum Gasteiger partial charge on any atom is -0.195 e. The van der Waals surface area contributed by atoms with Crippen molar-refractivity contribution in [3.8, 4) is 6.07 Å². The molecule has 0 aliphatic heterocycles. The van der Waals surface area contributed by atoms with E-state index < -0.39 is 5.83 Å². The molecule has 0 amide bonds. The Kier molecular flexibility index (Phi) is 11.2. The lowest BCUT2D eigenvalue weighted by molar-refractivity contribution is 0.244. The number of hydrogen-bond donors (Lipinski definition) is 0. The number of benzene rings is 1. The van der Waals surface area contributed by atoms with Gasteiger partial charge in [-0.15, -0.1) is 0 Å². The molecule has 2 saturated carbocycles. The molecule has 0 N–H and O–H groups in total. The highest BCUT2D eigenvalue weighted by molar-refractivity contribution is 5.25. The van der Waals surface area contributed by atoms with Gasteiger partial charge in [-0.3, -0.25) is 0 Å². The second kappa shape index (κ2) is 14.4. The van der Waals surface area contributed by atoms with E-state index >= 15 is 0 Å². The van der Waals surface area contributed by atoms with Gasteiger partial charge in [-0.05, 0) is 85.8 Å². The van der Waals surface area contributed by atoms with Gasteiger partial charge in [0.1, 0.15) is 6.07 Å². The first-order chi connectivity index (χ1) is 16.2. The second-order valence-electron chi connectivity index (χ2n) is 10.6. The zero-order valence-electron chi connectivity index (χ0n) is 20.8. The van der Waals surface area contributed by atoms with E-state index in [0.717, 1.165) is 36.5 Å². The van der Waals surface area contributed by atoms with E-state index in [1.807, 2.05) is 6.08 Å². The maximum atomic E-state index is 12.7. The Labute approximate surface area is 202 Å². The van der Waals surface area contributed by atoms with E-state index in [1.165, 1.54) is 101 Å². The SMILES string of the molecule is CCc1ccc(C2CCC(CCCCC3CCC(CCC=CC=C(F)C#N)CC3)CC2)cc1. The summed E-state index contributed by atoms with van der Waals surface area (Å²) in [5, 5.41) is 8.40. The quantitative estimate of drug-likeness (QED) is 0.187. The molecule has 2 aliphatic rings. The Morgan fingerprint density at radius 2 is 1.42 bits per heavy atom. The fourth-order valence-corrected chi connectivity index (χ4v) is 6.10. The van der Waals surface area contributed by atoms with Gasteiger partial charge in [0.15, 0.2) is 5.83 Å². The lowest BCUT2D eigenvalue weighted by Crippen LogP contribution is -2.15. The minimum atomic E-state index is -0.711. The zero-order valence-corrected chi connectivity index (χ0v) is 20.8. The van der Waals surface area contributed by atoms with Crippen LogP contribution in [0.5, 0.6) is 0 Å². The van der Waals surface area contributed by atoms with Gasteiger partial charge in [-0.25, -0.2) is 0 Å². The van der Waals surface area contributed by atoms with Gasteiger partial charge in [-0.1, -0.05) is 94.7 Å². The molecule has 1 aromatic carbocycles. The van der Waals surface area contributed by atoms with Crippen LogP contribution < -0.4 is 0 Å². The summed E-state index contributed by atoms with van der Waals surface area (Å²) >= 11 is 0. The van der Waals surface area contributed by atoms with E-state index in [0.29, 0.717) is 0 Å². The molecule has 3 rings (SSSR count). The maximum Gasteiger partial charge on any atom is 0.199 e. The Hall–Kier alpha value is -1.88. The maximum absolute atomic E-state index is 12.7. The molecule has 33 heavy (non-hydrogen) atoms. The Morgan fingerprint density at radius 3 is 1.97 bits per heavy atom. The van der Waals surface area contributed by atoms with Gasteiger partial charge < -0.3 is 0 Å². The summed E-state index contributed by atoms with van der Waals surface area (Å²) in [6, 6.07) is 10.9. The number of nitrogens with zero attached hydrogens (tertiary/aromatic N) is 1. The van der Waals surface area contributed by atoms with Crippen molar-refractivity contribution in [1.82, 2.24) is 0 Å². The first-order valence-electron chi connectivity index (χ1n) is 13.7. The molecular weight excluding hydrogens is 405 g/mol. The molecule has 0 unspecified atom stereocenters. The topological polar surface area (TPSA) is 23.8 Å². The van der Waals surface area contributed by atoms with Gasteiger partial charge in [0.25, 0.3) is 0 Å². The molecule has 2 fully saturated rings. The number of allylic oxidation sites excluding steroid dienone is 4. The van der Waals surface area contributed by atoms with Crippen LogP contribution in [0.2, 0.25) is 0 Å². The third kappa shape index (κ3) is 9.11. The zero-order chi connectivity index (χ0) is 23.3. The third-order valence-electron chi connectivity index (χ3n) is 8.37. The molecule has 1 nitrogen and oxygen atoms in total. The van der Waals surface area contributed by atoms with Crippen molar-refractivity contribution < 1.29 is 4.39 Å². The molecule has 2 heteroatoms. The average Bonchev–Trinajstić information content (AvgIpc) is 2.87. The van der Waals surface area contributed by atoms with E-state index in [2.05, 4.69) is 31.2 Å². The summed E-state index contributed by atoms with van der Waals surface area (Å²) < 4.78 is 12.7. The average molecular weight is 450 g/mol. The van der Waals surface area contributed by atoms with E-state index in [9.17, 15) is 4.39 Å². The molecule has 0 spiro atoms. The standard InChI is InChI=1S/C31H44FN/c1-2-25-16-20-29(21-17-25)30-22-18-28(19-23-30)10-7-6-9-27-14-12-26(13-15-27)8-4-3-5-11-31(32)24-33/h3,5,11,16-17,20-21,26-28,30H,2,4,6-10,12-15,18-19,22-23H2,1H3. The molecule has 0 aromatic heterocycles. The van der Waals surface area contributed by atoms with Crippen LogP contribution in [0.15, 0.2) is 48.3 Å². The first kappa shape index (κ1) is 25.7. The molecule has 0 radical (unpaired) electrons. The van der Waals surface area contributed by atoms with E-state index in [1.54, 1.807) is 11.6 Å². The molecule has 1 aromatic rings. The van der Waals surface area contributed by atoms with Gasteiger partial charge in [0.2, 0.25) is 0 Å². The van der Waals surface area contributed by atoms with Crippen LogP contribution in [-0.4, -0.2) is 0 Å². The van der Waals surface area contributed by atoms with Crippen molar-refractivity contribution in [3.63, 3.8) is 0 Å². The van der Waals surface area contributed by atoms with E-state index in [-0.39, 0.29) is 0 Å². The van der Waals surface area contributed by atoms with Crippen molar-refractivity contribution >= 4 is 0 Å². The van der Waals surface area contributed by atoms with Gasteiger partial charge >= 0.3 is 0 Å². The fourth-order valence-electron chi connectivity index (χ4n) is 6.10. The van der Waals surface area contributed by atoms with Crippen LogP contribution >= 0.6 is 0 Å².